The topological polar surface area (TPSA) is 50.7 Å². The highest BCUT2D eigenvalue weighted by molar-refractivity contribution is 6.06. The van der Waals surface area contributed by atoms with Crippen molar-refractivity contribution in [1.82, 2.24) is 14.5 Å². The van der Waals surface area contributed by atoms with Gasteiger partial charge in [0.1, 0.15) is 5.82 Å². The minimum Gasteiger partial charge on any atom is -0.360 e. The summed E-state index contributed by atoms with van der Waals surface area (Å²) in [6.45, 7) is 0. The van der Waals surface area contributed by atoms with Crippen molar-refractivity contribution in [3.8, 4) is 11.4 Å². The number of hydrogen-bond donors (Lipinski definition) is 1. The smallest absolute Gasteiger partial charge is 0.264 e. The molecule has 1 N–H and O–H groups in total. The van der Waals surface area contributed by atoms with Crippen LogP contribution in [0.3, 0.4) is 0 Å². The second-order valence-corrected chi connectivity index (χ2v) is 6.18. The molecule has 0 unspecified atom stereocenters. The third-order valence-electron chi connectivity index (χ3n) is 4.61. The molecular formula is C22H15N3O. The van der Waals surface area contributed by atoms with Crippen LogP contribution in [0.5, 0.6) is 0 Å². The molecule has 0 fully saturated rings. The first-order chi connectivity index (χ1) is 12.8. The number of aromatic amines is 1. The van der Waals surface area contributed by atoms with E-state index in [1.807, 2.05) is 85.1 Å². The Balaban J connectivity index is 1.82. The van der Waals surface area contributed by atoms with Crippen LogP contribution in [0.15, 0.2) is 85.1 Å². The van der Waals surface area contributed by atoms with Gasteiger partial charge in [-0.25, -0.2) is 4.98 Å². The van der Waals surface area contributed by atoms with E-state index in [2.05, 4.69) is 4.98 Å². The quantitative estimate of drug-likeness (QED) is 0.499. The molecule has 0 saturated heterocycles. The van der Waals surface area contributed by atoms with Crippen molar-refractivity contribution in [2.45, 2.75) is 0 Å². The van der Waals surface area contributed by atoms with E-state index < -0.39 is 0 Å². The monoisotopic (exact) mass is 337 g/mol. The maximum atomic E-state index is 13.3. The highest BCUT2D eigenvalue weighted by atomic mass is 16.2. The summed E-state index contributed by atoms with van der Waals surface area (Å²) >= 11 is 0. The highest BCUT2D eigenvalue weighted by Crippen LogP contribution is 2.31. The molecule has 124 valence electrons. The number of benzene rings is 3. The van der Waals surface area contributed by atoms with Gasteiger partial charge in [-0.1, -0.05) is 48.5 Å². The molecule has 2 aromatic heterocycles. The van der Waals surface area contributed by atoms with Crippen molar-refractivity contribution in [3.05, 3.63) is 90.6 Å². The normalized spacial score (nSPS) is 11.2. The SMILES string of the molecule is O=C(c1ccccc1)n1c(-c2c[nH]c3ccccc23)nc2ccccc21. The number of carbonyl (C=O) groups excluding carboxylic acids is 1. The summed E-state index contributed by atoms with van der Waals surface area (Å²) in [5, 5.41) is 1.05. The number of nitrogens with zero attached hydrogens (tertiary/aromatic N) is 2. The van der Waals surface area contributed by atoms with Gasteiger partial charge in [-0.3, -0.25) is 9.36 Å². The summed E-state index contributed by atoms with van der Waals surface area (Å²) in [6.07, 6.45) is 1.92. The maximum Gasteiger partial charge on any atom is 0.264 e. The fourth-order valence-corrected chi connectivity index (χ4v) is 3.38. The second kappa shape index (κ2) is 5.70. The number of carbonyl (C=O) groups is 1. The number of nitrogens with one attached hydrogen (secondary N) is 1. The average Bonchev–Trinajstić information content (AvgIpc) is 3.29. The molecule has 26 heavy (non-hydrogen) atoms. The Bertz CT molecular complexity index is 1250. The number of aromatic nitrogens is 3. The minimum absolute atomic E-state index is 0.0837. The van der Waals surface area contributed by atoms with Crippen LogP contribution in [-0.4, -0.2) is 20.4 Å². The van der Waals surface area contributed by atoms with Crippen LogP contribution < -0.4 is 0 Å². The summed E-state index contributed by atoms with van der Waals surface area (Å²) in [5.41, 5.74) is 4.18. The molecule has 5 rings (SSSR count). The van der Waals surface area contributed by atoms with Crippen molar-refractivity contribution in [2.24, 2.45) is 0 Å². The van der Waals surface area contributed by atoms with Gasteiger partial charge in [0, 0.05) is 28.2 Å². The molecule has 0 bridgehead atoms. The van der Waals surface area contributed by atoms with Gasteiger partial charge >= 0.3 is 0 Å². The van der Waals surface area contributed by atoms with E-state index in [1.54, 1.807) is 4.57 Å². The predicted molar refractivity (Wildman–Crippen MR) is 103 cm³/mol. The Morgan fingerprint density at radius 3 is 2.46 bits per heavy atom. The van der Waals surface area contributed by atoms with Crippen molar-refractivity contribution in [2.75, 3.05) is 0 Å². The van der Waals surface area contributed by atoms with Crippen molar-refractivity contribution >= 4 is 27.8 Å². The lowest BCUT2D eigenvalue weighted by atomic mass is 10.1. The summed E-state index contributed by atoms with van der Waals surface area (Å²) < 4.78 is 1.71. The van der Waals surface area contributed by atoms with Crippen LogP contribution in [0.1, 0.15) is 10.4 Å². The lowest BCUT2D eigenvalue weighted by Gasteiger charge is -2.07. The van der Waals surface area contributed by atoms with E-state index in [9.17, 15) is 4.79 Å². The van der Waals surface area contributed by atoms with Gasteiger partial charge in [0.25, 0.3) is 5.91 Å². The zero-order valence-electron chi connectivity index (χ0n) is 13.9. The van der Waals surface area contributed by atoms with E-state index in [0.29, 0.717) is 11.4 Å². The minimum atomic E-state index is -0.0837. The Morgan fingerprint density at radius 1 is 0.846 bits per heavy atom. The number of H-pyrrole nitrogens is 1. The van der Waals surface area contributed by atoms with Gasteiger partial charge in [0.15, 0.2) is 0 Å². The van der Waals surface area contributed by atoms with Crippen molar-refractivity contribution in [1.29, 1.82) is 0 Å². The Labute approximate surface area is 149 Å². The fraction of sp³-hybridized carbons (Fsp3) is 0. The summed E-state index contributed by atoms with van der Waals surface area (Å²) in [6, 6.07) is 25.1. The number of imidazole rings is 1. The van der Waals surface area contributed by atoms with Gasteiger partial charge in [-0.15, -0.1) is 0 Å². The van der Waals surface area contributed by atoms with E-state index in [1.165, 1.54) is 0 Å². The molecule has 0 amide bonds. The third kappa shape index (κ3) is 2.16. The van der Waals surface area contributed by atoms with Gasteiger partial charge in [-0.05, 0) is 30.3 Å². The largest absolute Gasteiger partial charge is 0.360 e. The molecular weight excluding hydrogens is 322 g/mol. The Kier molecular flexibility index (Phi) is 3.22. The van der Waals surface area contributed by atoms with E-state index in [0.717, 1.165) is 27.5 Å². The average molecular weight is 337 g/mol. The van der Waals surface area contributed by atoms with Crippen molar-refractivity contribution in [3.63, 3.8) is 0 Å². The zero-order chi connectivity index (χ0) is 17.5. The first-order valence-electron chi connectivity index (χ1n) is 8.46. The van der Waals surface area contributed by atoms with Gasteiger partial charge in [-0.2, -0.15) is 0 Å². The number of rotatable bonds is 2. The standard InChI is InChI=1S/C22H15N3O/c26-22(15-8-2-1-3-9-15)25-20-13-7-6-12-19(20)24-21(25)17-14-23-18-11-5-4-10-16(17)18/h1-14,23H. The second-order valence-electron chi connectivity index (χ2n) is 6.18. The van der Waals surface area contributed by atoms with Crippen LogP contribution in [0, 0.1) is 0 Å². The summed E-state index contributed by atoms with van der Waals surface area (Å²) in [4.78, 5) is 21.3. The molecule has 0 saturated carbocycles. The molecule has 4 heteroatoms. The summed E-state index contributed by atoms with van der Waals surface area (Å²) in [7, 11) is 0. The van der Waals surface area contributed by atoms with Crippen LogP contribution in [0.25, 0.3) is 33.3 Å². The number of fused-ring (bicyclic) bond motifs is 2. The number of para-hydroxylation sites is 3. The third-order valence-corrected chi connectivity index (χ3v) is 4.61. The molecule has 0 aliphatic rings. The lowest BCUT2D eigenvalue weighted by molar-refractivity contribution is 0.0966. The lowest BCUT2D eigenvalue weighted by Crippen LogP contribution is -2.13. The van der Waals surface area contributed by atoms with Crippen LogP contribution in [0.4, 0.5) is 0 Å². The fourth-order valence-electron chi connectivity index (χ4n) is 3.38. The predicted octanol–water partition coefficient (Wildman–Crippen LogP) is 4.87. The van der Waals surface area contributed by atoms with E-state index in [4.69, 9.17) is 4.98 Å². The van der Waals surface area contributed by atoms with Crippen molar-refractivity contribution < 1.29 is 4.79 Å². The molecule has 0 spiro atoms. The maximum absolute atomic E-state index is 13.3. The first kappa shape index (κ1) is 14.7. The molecule has 4 nitrogen and oxygen atoms in total. The zero-order valence-corrected chi connectivity index (χ0v) is 13.9. The molecule has 3 aromatic carbocycles. The molecule has 0 atom stereocenters. The van der Waals surface area contributed by atoms with Gasteiger partial charge in [0.05, 0.1) is 11.0 Å². The Hall–Kier alpha value is -3.66. The molecule has 0 aliphatic carbocycles. The summed E-state index contributed by atoms with van der Waals surface area (Å²) in [5.74, 6) is 0.567. The highest BCUT2D eigenvalue weighted by Gasteiger charge is 2.21. The molecule has 2 heterocycles. The Morgan fingerprint density at radius 2 is 1.58 bits per heavy atom. The molecule has 5 aromatic rings. The van der Waals surface area contributed by atoms with E-state index >= 15 is 0 Å². The van der Waals surface area contributed by atoms with Crippen LogP contribution in [0.2, 0.25) is 0 Å². The first-order valence-corrected chi connectivity index (χ1v) is 8.46. The van der Waals surface area contributed by atoms with Crippen LogP contribution in [-0.2, 0) is 0 Å². The van der Waals surface area contributed by atoms with Gasteiger partial charge < -0.3 is 4.98 Å². The molecule has 0 aliphatic heterocycles. The van der Waals surface area contributed by atoms with E-state index in [-0.39, 0.29) is 5.91 Å². The number of hydrogen-bond acceptors (Lipinski definition) is 2. The van der Waals surface area contributed by atoms with Gasteiger partial charge in [0.2, 0.25) is 0 Å². The molecule has 0 radical (unpaired) electrons. The van der Waals surface area contributed by atoms with Crippen LogP contribution >= 0.6 is 0 Å².